The van der Waals surface area contributed by atoms with Gasteiger partial charge in [-0.15, -0.1) is 0 Å². The van der Waals surface area contributed by atoms with Gasteiger partial charge in [-0.05, 0) is 28.2 Å². The molecule has 0 aliphatic heterocycles. The molecule has 0 fully saturated rings. The molecule has 7 heteroatoms. The van der Waals surface area contributed by atoms with E-state index in [1.165, 1.54) is 0 Å². The summed E-state index contributed by atoms with van der Waals surface area (Å²) in [4.78, 5) is 12.9. The van der Waals surface area contributed by atoms with E-state index >= 15 is 0 Å². The summed E-state index contributed by atoms with van der Waals surface area (Å²) < 4.78 is 20.8. The zero-order valence-electron chi connectivity index (χ0n) is 9.84. The number of likely N-dealkylation sites (N-methyl/N-ethyl adjacent to an activating group) is 2. The highest BCUT2D eigenvalue weighted by Crippen LogP contribution is 2.42. The van der Waals surface area contributed by atoms with Crippen molar-refractivity contribution >= 4 is 7.82 Å². The Hall–Kier alpha value is 0.0300. The zero-order chi connectivity index (χ0) is 11.9. The largest absolute Gasteiger partial charge is 0.472 e. The first kappa shape index (κ1) is 15.0. The molecule has 92 valence electrons. The summed E-state index contributed by atoms with van der Waals surface area (Å²) in [6.07, 6.45) is 0. The molecule has 0 aliphatic rings. The number of phosphoric ester groups is 1. The van der Waals surface area contributed by atoms with E-state index in [4.69, 9.17) is 9.05 Å². The Morgan fingerprint density at radius 2 is 1.33 bits per heavy atom. The van der Waals surface area contributed by atoms with Crippen LogP contribution in [0.1, 0.15) is 0 Å². The van der Waals surface area contributed by atoms with Crippen molar-refractivity contribution in [3.8, 4) is 0 Å². The van der Waals surface area contributed by atoms with Crippen molar-refractivity contribution < 1.29 is 18.5 Å². The van der Waals surface area contributed by atoms with Crippen molar-refractivity contribution in [3.63, 3.8) is 0 Å². The van der Waals surface area contributed by atoms with E-state index in [0.29, 0.717) is 13.1 Å². The van der Waals surface area contributed by atoms with Gasteiger partial charge in [0.25, 0.3) is 0 Å². The summed E-state index contributed by atoms with van der Waals surface area (Å²) in [5, 5.41) is 0. The van der Waals surface area contributed by atoms with E-state index in [1.807, 2.05) is 38.0 Å². The Labute approximate surface area is 91.4 Å². The van der Waals surface area contributed by atoms with Gasteiger partial charge in [0.2, 0.25) is 0 Å². The van der Waals surface area contributed by atoms with Crippen LogP contribution in [0.15, 0.2) is 0 Å². The van der Waals surface area contributed by atoms with Gasteiger partial charge in [0, 0.05) is 13.1 Å². The summed E-state index contributed by atoms with van der Waals surface area (Å²) in [5.74, 6) is 0. The van der Waals surface area contributed by atoms with Gasteiger partial charge >= 0.3 is 7.82 Å². The van der Waals surface area contributed by atoms with Crippen molar-refractivity contribution in [1.82, 2.24) is 9.80 Å². The van der Waals surface area contributed by atoms with Gasteiger partial charge in [0.05, 0.1) is 13.2 Å². The molecule has 0 saturated heterocycles. The highest BCUT2D eigenvalue weighted by atomic mass is 31.2. The standard InChI is InChI=1S/C8H21N2O4P/c1-9(2)5-7-13-15(11,12)14-8-6-10(3)4/h5-8H2,1-4H3,(H,11,12). The normalized spacial score (nSPS) is 12.7. The number of rotatable bonds is 8. The molecule has 0 amide bonds. The molecule has 0 bridgehead atoms. The average Bonchev–Trinajstić information content (AvgIpc) is 2.01. The molecule has 0 aromatic carbocycles. The molecule has 0 radical (unpaired) electrons. The van der Waals surface area contributed by atoms with Crippen LogP contribution in [0.3, 0.4) is 0 Å². The molecule has 0 spiro atoms. The van der Waals surface area contributed by atoms with E-state index in [9.17, 15) is 9.46 Å². The number of phosphoric acid groups is 1. The van der Waals surface area contributed by atoms with Crippen LogP contribution in [0, 0.1) is 0 Å². The van der Waals surface area contributed by atoms with E-state index < -0.39 is 7.82 Å². The topological polar surface area (TPSA) is 62.2 Å². The molecular weight excluding hydrogens is 219 g/mol. The number of hydrogen-bond acceptors (Lipinski definition) is 5. The Kier molecular flexibility index (Phi) is 7.34. The third-order valence-corrected chi connectivity index (χ3v) is 2.60. The fraction of sp³-hybridized carbons (Fsp3) is 1.00. The lowest BCUT2D eigenvalue weighted by atomic mass is 10.6. The maximum absolute atomic E-state index is 11.3. The third-order valence-electron chi connectivity index (χ3n) is 1.59. The van der Waals surface area contributed by atoms with Crippen LogP contribution < -0.4 is 0 Å². The van der Waals surface area contributed by atoms with E-state index in [0.717, 1.165) is 0 Å². The highest BCUT2D eigenvalue weighted by molar-refractivity contribution is 7.47. The zero-order valence-corrected chi connectivity index (χ0v) is 10.7. The minimum atomic E-state index is -3.86. The van der Waals surface area contributed by atoms with Crippen LogP contribution in [0.4, 0.5) is 0 Å². The van der Waals surface area contributed by atoms with Crippen LogP contribution in [-0.4, -0.2) is 69.2 Å². The maximum Gasteiger partial charge on any atom is 0.472 e. The van der Waals surface area contributed by atoms with Crippen LogP contribution in [-0.2, 0) is 13.6 Å². The fourth-order valence-corrected chi connectivity index (χ4v) is 1.41. The predicted molar refractivity (Wildman–Crippen MR) is 58.8 cm³/mol. The predicted octanol–water partition coefficient (Wildman–Crippen LogP) is 0.243. The van der Waals surface area contributed by atoms with E-state index in [1.54, 1.807) is 0 Å². The quantitative estimate of drug-likeness (QED) is 0.613. The number of hydrogen-bond donors (Lipinski definition) is 1. The van der Waals surface area contributed by atoms with Gasteiger partial charge in [-0.1, -0.05) is 0 Å². The SMILES string of the molecule is CN(C)CCOP(=O)(O)OCCN(C)C. The van der Waals surface area contributed by atoms with Crippen molar-refractivity contribution in [2.45, 2.75) is 0 Å². The lowest BCUT2D eigenvalue weighted by Crippen LogP contribution is -2.19. The second-order valence-corrected chi connectivity index (χ2v) is 5.20. The van der Waals surface area contributed by atoms with Crippen LogP contribution >= 0.6 is 7.82 Å². The Balaban J connectivity index is 3.63. The first-order chi connectivity index (χ1) is 6.83. The molecule has 0 unspecified atom stereocenters. The smallest absolute Gasteiger partial charge is 0.307 e. The molecule has 1 N–H and O–H groups in total. The van der Waals surface area contributed by atoms with E-state index in [2.05, 4.69) is 0 Å². The molecule has 0 heterocycles. The molecule has 0 aromatic rings. The van der Waals surface area contributed by atoms with Gasteiger partial charge in [0.1, 0.15) is 0 Å². The van der Waals surface area contributed by atoms with Crippen molar-refractivity contribution in [3.05, 3.63) is 0 Å². The van der Waals surface area contributed by atoms with Crippen LogP contribution in [0.2, 0.25) is 0 Å². The minimum absolute atomic E-state index is 0.183. The third kappa shape index (κ3) is 10.3. The summed E-state index contributed by atoms with van der Waals surface area (Å²) >= 11 is 0. The van der Waals surface area contributed by atoms with Gasteiger partial charge in [-0.25, -0.2) is 4.57 Å². The number of nitrogens with zero attached hydrogens (tertiary/aromatic N) is 2. The highest BCUT2D eigenvalue weighted by Gasteiger charge is 2.20. The second kappa shape index (κ2) is 7.33. The molecule has 6 nitrogen and oxygen atoms in total. The Morgan fingerprint density at radius 1 is 1.00 bits per heavy atom. The Morgan fingerprint density at radius 3 is 1.60 bits per heavy atom. The van der Waals surface area contributed by atoms with Gasteiger partial charge in [-0.3, -0.25) is 9.05 Å². The molecule has 0 saturated carbocycles. The molecule has 0 atom stereocenters. The van der Waals surface area contributed by atoms with Gasteiger partial charge in [-0.2, -0.15) is 0 Å². The van der Waals surface area contributed by atoms with Crippen LogP contribution in [0.25, 0.3) is 0 Å². The van der Waals surface area contributed by atoms with E-state index in [-0.39, 0.29) is 13.2 Å². The summed E-state index contributed by atoms with van der Waals surface area (Å²) in [6.45, 7) is 1.54. The first-order valence-corrected chi connectivity index (χ1v) is 6.24. The average molecular weight is 240 g/mol. The lowest BCUT2D eigenvalue weighted by molar-refractivity contribution is 0.133. The summed E-state index contributed by atoms with van der Waals surface area (Å²) in [7, 11) is 3.58. The summed E-state index contributed by atoms with van der Waals surface area (Å²) in [5.41, 5.74) is 0. The van der Waals surface area contributed by atoms with Gasteiger partial charge in [0.15, 0.2) is 0 Å². The molecule has 0 aliphatic carbocycles. The molecule has 0 aromatic heterocycles. The van der Waals surface area contributed by atoms with Gasteiger partial charge < -0.3 is 14.7 Å². The molecule has 15 heavy (non-hydrogen) atoms. The fourth-order valence-electron chi connectivity index (χ4n) is 0.715. The lowest BCUT2D eigenvalue weighted by Gasteiger charge is -2.15. The van der Waals surface area contributed by atoms with Crippen molar-refractivity contribution in [2.75, 3.05) is 54.5 Å². The monoisotopic (exact) mass is 240 g/mol. The summed E-state index contributed by atoms with van der Waals surface area (Å²) in [6, 6.07) is 0. The molecular formula is C8H21N2O4P. The maximum atomic E-state index is 11.3. The van der Waals surface area contributed by atoms with Crippen molar-refractivity contribution in [1.29, 1.82) is 0 Å². The van der Waals surface area contributed by atoms with Crippen LogP contribution in [0.5, 0.6) is 0 Å². The Bertz CT molecular complexity index is 193. The minimum Gasteiger partial charge on any atom is -0.307 e. The first-order valence-electron chi connectivity index (χ1n) is 4.75. The van der Waals surface area contributed by atoms with Crippen molar-refractivity contribution in [2.24, 2.45) is 0 Å². The molecule has 0 rings (SSSR count). The second-order valence-electron chi connectivity index (χ2n) is 3.74.